The number of rotatable bonds is 2. The number of amides is 3. The van der Waals surface area contributed by atoms with Crippen molar-refractivity contribution in [1.29, 1.82) is 0 Å². The number of hydrogen-bond donors (Lipinski definition) is 1. The Kier molecular flexibility index (Phi) is 4.85. The number of benzene rings is 1. The average Bonchev–Trinajstić information content (AvgIpc) is 2.67. The van der Waals surface area contributed by atoms with E-state index >= 15 is 0 Å². The van der Waals surface area contributed by atoms with E-state index in [-0.39, 0.29) is 5.91 Å². The van der Waals surface area contributed by atoms with E-state index in [2.05, 4.69) is 10.3 Å². The molecule has 1 aliphatic rings. The van der Waals surface area contributed by atoms with Gasteiger partial charge >= 0.3 is 6.03 Å². The van der Waals surface area contributed by atoms with E-state index in [1.807, 2.05) is 0 Å². The zero-order chi connectivity index (χ0) is 15.2. The third kappa shape index (κ3) is 3.77. The lowest BCUT2D eigenvalue weighted by molar-refractivity contribution is -0.127. The van der Waals surface area contributed by atoms with Crippen molar-refractivity contribution in [3.63, 3.8) is 0 Å². The topological polar surface area (TPSA) is 78.8 Å². The molecule has 0 bridgehead atoms. The van der Waals surface area contributed by atoms with E-state index in [0.717, 1.165) is 24.8 Å². The molecule has 0 aliphatic carbocycles. The van der Waals surface area contributed by atoms with Crippen LogP contribution in [-0.2, 0) is 9.59 Å². The number of isocyanates is 1. The van der Waals surface area contributed by atoms with E-state index in [1.165, 1.54) is 11.0 Å². The third-order valence-corrected chi connectivity index (χ3v) is 3.45. The second kappa shape index (κ2) is 6.81. The minimum atomic E-state index is -0.438. The summed E-state index contributed by atoms with van der Waals surface area (Å²) in [5.41, 5.74) is 1.75. The van der Waals surface area contributed by atoms with Crippen LogP contribution in [0.3, 0.4) is 0 Å². The molecule has 110 valence electrons. The molecule has 1 aliphatic heterocycles. The SMILES string of the molecule is Cc1ccc(NC(=O)N2CCCCCC2=O)cc1N=C=O. The number of nitrogens with one attached hydrogen (secondary N) is 1. The summed E-state index contributed by atoms with van der Waals surface area (Å²) in [6.07, 6.45) is 4.50. The van der Waals surface area contributed by atoms with Gasteiger partial charge in [-0.2, -0.15) is 4.99 Å². The van der Waals surface area contributed by atoms with E-state index < -0.39 is 6.03 Å². The molecular weight excluding hydrogens is 270 g/mol. The van der Waals surface area contributed by atoms with Crippen molar-refractivity contribution in [3.05, 3.63) is 23.8 Å². The number of carbonyl (C=O) groups excluding carboxylic acids is 3. The summed E-state index contributed by atoms with van der Waals surface area (Å²) in [5, 5.41) is 2.67. The lowest BCUT2D eigenvalue weighted by Crippen LogP contribution is -2.39. The zero-order valence-electron chi connectivity index (χ0n) is 11.9. The van der Waals surface area contributed by atoms with Gasteiger partial charge in [0, 0.05) is 18.7 Å². The average molecular weight is 287 g/mol. The van der Waals surface area contributed by atoms with Crippen LogP contribution < -0.4 is 5.32 Å². The Morgan fingerprint density at radius 3 is 2.90 bits per heavy atom. The minimum absolute atomic E-state index is 0.150. The second-order valence-electron chi connectivity index (χ2n) is 4.99. The normalized spacial score (nSPS) is 15.1. The summed E-state index contributed by atoms with van der Waals surface area (Å²) in [5.74, 6) is -0.150. The number of hydrogen-bond acceptors (Lipinski definition) is 4. The molecule has 6 heteroatoms. The van der Waals surface area contributed by atoms with Crippen LogP contribution in [-0.4, -0.2) is 29.5 Å². The smallest absolute Gasteiger partial charge is 0.307 e. The number of imide groups is 1. The molecule has 0 saturated carbocycles. The molecule has 6 nitrogen and oxygen atoms in total. The number of likely N-dealkylation sites (tertiary alicyclic amines) is 1. The molecule has 2 rings (SSSR count). The maximum atomic E-state index is 12.2. The maximum absolute atomic E-state index is 12.2. The molecule has 21 heavy (non-hydrogen) atoms. The molecule has 1 aromatic carbocycles. The molecule has 0 unspecified atom stereocenters. The van der Waals surface area contributed by atoms with Gasteiger partial charge in [-0.3, -0.25) is 9.69 Å². The first-order chi connectivity index (χ1) is 10.1. The Hall–Kier alpha value is -2.46. The summed E-state index contributed by atoms with van der Waals surface area (Å²) in [6.45, 7) is 2.25. The fourth-order valence-electron chi connectivity index (χ4n) is 2.25. The third-order valence-electron chi connectivity index (χ3n) is 3.45. The summed E-state index contributed by atoms with van der Waals surface area (Å²) in [7, 11) is 0. The van der Waals surface area contributed by atoms with E-state index in [0.29, 0.717) is 24.3 Å². The van der Waals surface area contributed by atoms with Gasteiger partial charge in [-0.05, 0) is 37.5 Å². The highest BCUT2D eigenvalue weighted by Gasteiger charge is 2.23. The van der Waals surface area contributed by atoms with Gasteiger partial charge in [0.2, 0.25) is 12.0 Å². The van der Waals surface area contributed by atoms with Crippen LogP contribution in [0.25, 0.3) is 0 Å². The molecule has 1 aromatic rings. The van der Waals surface area contributed by atoms with Gasteiger partial charge in [0.05, 0.1) is 5.69 Å². The quantitative estimate of drug-likeness (QED) is 0.671. The van der Waals surface area contributed by atoms with Crippen LogP contribution in [0.4, 0.5) is 16.2 Å². The van der Waals surface area contributed by atoms with Crippen molar-refractivity contribution in [2.75, 3.05) is 11.9 Å². The minimum Gasteiger partial charge on any atom is -0.307 e. The Bertz CT molecular complexity index is 606. The molecule has 0 spiro atoms. The molecule has 1 heterocycles. The highest BCUT2D eigenvalue weighted by atomic mass is 16.2. The summed E-state index contributed by atoms with van der Waals surface area (Å²) in [6, 6.07) is 4.60. The standard InChI is InChI=1S/C15H17N3O3/c1-11-6-7-12(9-13(11)16-10-19)17-15(21)18-8-4-2-3-5-14(18)20/h6-7,9H,2-5,8H2,1H3,(H,17,21). The highest BCUT2D eigenvalue weighted by Crippen LogP contribution is 2.23. The first kappa shape index (κ1) is 14.9. The van der Waals surface area contributed by atoms with Crippen LogP contribution >= 0.6 is 0 Å². The van der Waals surface area contributed by atoms with Gasteiger partial charge in [-0.1, -0.05) is 12.5 Å². The highest BCUT2D eigenvalue weighted by molar-refractivity contribution is 6.01. The van der Waals surface area contributed by atoms with Gasteiger partial charge in [-0.25, -0.2) is 9.59 Å². The molecular formula is C15H17N3O3. The van der Waals surface area contributed by atoms with E-state index in [1.54, 1.807) is 25.1 Å². The van der Waals surface area contributed by atoms with E-state index in [9.17, 15) is 14.4 Å². The first-order valence-electron chi connectivity index (χ1n) is 6.91. The van der Waals surface area contributed by atoms with Crippen molar-refractivity contribution in [2.45, 2.75) is 32.6 Å². The summed E-state index contributed by atoms with van der Waals surface area (Å²) in [4.78, 5) is 39.2. The summed E-state index contributed by atoms with van der Waals surface area (Å²) < 4.78 is 0. The second-order valence-corrected chi connectivity index (χ2v) is 4.99. The van der Waals surface area contributed by atoms with E-state index in [4.69, 9.17) is 0 Å². The fourth-order valence-corrected chi connectivity index (χ4v) is 2.25. The number of urea groups is 1. The van der Waals surface area contributed by atoms with Gasteiger partial charge in [0.15, 0.2) is 0 Å². The van der Waals surface area contributed by atoms with Crippen molar-refractivity contribution < 1.29 is 14.4 Å². The summed E-state index contributed by atoms with van der Waals surface area (Å²) >= 11 is 0. The number of nitrogens with zero attached hydrogens (tertiary/aromatic N) is 2. The monoisotopic (exact) mass is 287 g/mol. The molecule has 3 amide bonds. The van der Waals surface area contributed by atoms with Crippen LogP contribution in [0.1, 0.15) is 31.2 Å². The van der Waals surface area contributed by atoms with Gasteiger partial charge in [0.25, 0.3) is 0 Å². The molecule has 0 aromatic heterocycles. The number of anilines is 1. The van der Waals surface area contributed by atoms with Gasteiger partial charge in [-0.15, -0.1) is 0 Å². The molecule has 0 radical (unpaired) electrons. The Morgan fingerprint density at radius 1 is 1.33 bits per heavy atom. The fraction of sp³-hybridized carbons (Fsp3) is 0.400. The Morgan fingerprint density at radius 2 is 2.14 bits per heavy atom. The van der Waals surface area contributed by atoms with Crippen LogP contribution in [0.15, 0.2) is 23.2 Å². The molecule has 1 N–H and O–H groups in total. The van der Waals surface area contributed by atoms with Crippen molar-refractivity contribution in [3.8, 4) is 0 Å². The predicted molar refractivity (Wildman–Crippen MR) is 78.2 cm³/mol. The number of carbonyl (C=O) groups is 2. The molecule has 0 atom stereocenters. The zero-order valence-corrected chi connectivity index (χ0v) is 11.9. The van der Waals surface area contributed by atoms with Crippen LogP contribution in [0, 0.1) is 6.92 Å². The Balaban J connectivity index is 2.13. The maximum Gasteiger partial charge on any atom is 0.328 e. The lowest BCUT2D eigenvalue weighted by Gasteiger charge is -2.19. The lowest BCUT2D eigenvalue weighted by atomic mass is 10.2. The van der Waals surface area contributed by atoms with Crippen molar-refractivity contribution in [2.24, 2.45) is 4.99 Å². The molecule has 1 saturated heterocycles. The predicted octanol–water partition coefficient (Wildman–Crippen LogP) is 2.90. The van der Waals surface area contributed by atoms with Crippen molar-refractivity contribution in [1.82, 2.24) is 4.90 Å². The van der Waals surface area contributed by atoms with Crippen molar-refractivity contribution >= 4 is 29.4 Å². The van der Waals surface area contributed by atoms with Gasteiger partial charge in [0.1, 0.15) is 0 Å². The number of aliphatic imine (C=N–C) groups is 1. The largest absolute Gasteiger partial charge is 0.328 e. The van der Waals surface area contributed by atoms with Crippen LogP contribution in [0.5, 0.6) is 0 Å². The Labute approximate surface area is 122 Å². The van der Waals surface area contributed by atoms with Crippen LogP contribution in [0.2, 0.25) is 0 Å². The first-order valence-corrected chi connectivity index (χ1v) is 6.91. The number of aryl methyl sites for hydroxylation is 1. The molecule has 1 fully saturated rings. The van der Waals surface area contributed by atoms with Gasteiger partial charge < -0.3 is 5.32 Å².